The Hall–Kier alpha value is -0.990. The van der Waals surface area contributed by atoms with E-state index in [-0.39, 0.29) is 36.6 Å². The van der Waals surface area contributed by atoms with Crippen molar-refractivity contribution in [1.29, 1.82) is 0 Å². The van der Waals surface area contributed by atoms with E-state index in [1.165, 1.54) is 4.90 Å². The van der Waals surface area contributed by atoms with Gasteiger partial charge in [0, 0.05) is 19.1 Å². The number of likely N-dealkylation sites (tertiary alicyclic amines) is 1. The summed E-state index contributed by atoms with van der Waals surface area (Å²) >= 11 is 0. The molecule has 1 aliphatic carbocycles. The molecule has 7 nitrogen and oxygen atoms in total. The monoisotopic (exact) mass is 317 g/mol. The Labute approximate surface area is 125 Å². The molecule has 1 saturated carbocycles. The first-order chi connectivity index (χ1) is 9.94. The number of nitrogens with zero attached hydrogens (tertiary/aromatic N) is 1. The fourth-order valence-electron chi connectivity index (χ4n) is 3.02. The van der Waals surface area contributed by atoms with Crippen LogP contribution >= 0.6 is 0 Å². The number of carbonyl (C=O) groups is 2. The second kappa shape index (κ2) is 6.85. The van der Waals surface area contributed by atoms with Crippen LogP contribution in [0.4, 0.5) is 0 Å². The highest BCUT2D eigenvalue weighted by atomic mass is 32.2. The highest BCUT2D eigenvalue weighted by molar-refractivity contribution is 7.89. The molecular formula is C13H23N3O4S. The first-order valence-corrected chi connectivity index (χ1v) is 9.16. The molecule has 0 spiro atoms. The predicted octanol–water partition coefficient (Wildman–Crippen LogP) is -0.415. The van der Waals surface area contributed by atoms with E-state index >= 15 is 0 Å². The average Bonchev–Trinajstić information content (AvgIpc) is 2.98. The summed E-state index contributed by atoms with van der Waals surface area (Å²) in [7, 11) is -3.31. The molecule has 1 heterocycles. The summed E-state index contributed by atoms with van der Waals surface area (Å²) in [6.45, 7) is 2.22. The normalized spacial score (nSPS) is 24.2. The summed E-state index contributed by atoms with van der Waals surface area (Å²) in [5.41, 5.74) is 0. The number of nitrogens with one attached hydrogen (secondary N) is 2. The number of sulfonamides is 1. The van der Waals surface area contributed by atoms with E-state index in [4.69, 9.17) is 0 Å². The Bertz CT molecular complexity index is 500. The van der Waals surface area contributed by atoms with Crippen LogP contribution in [0.5, 0.6) is 0 Å². The van der Waals surface area contributed by atoms with Crippen molar-refractivity contribution in [3.05, 3.63) is 0 Å². The number of amides is 2. The predicted molar refractivity (Wildman–Crippen MR) is 78.0 cm³/mol. The molecule has 1 atom stereocenters. The smallest absolute Gasteiger partial charge is 0.247 e. The zero-order valence-electron chi connectivity index (χ0n) is 12.3. The second-order valence-electron chi connectivity index (χ2n) is 5.57. The number of carbonyl (C=O) groups excluding carboxylic acids is 2. The average molecular weight is 317 g/mol. The first-order valence-electron chi connectivity index (χ1n) is 7.51. The molecule has 21 heavy (non-hydrogen) atoms. The van der Waals surface area contributed by atoms with E-state index < -0.39 is 16.1 Å². The molecule has 0 aromatic carbocycles. The van der Waals surface area contributed by atoms with Gasteiger partial charge in [-0.3, -0.25) is 14.5 Å². The van der Waals surface area contributed by atoms with Gasteiger partial charge >= 0.3 is 0 Å². The van der Waals surface area contributed by atoms with Crippen molar-refractivity contribution in [3.63, 3.8) is 0 Å². The summed E-state index contributed by atoms with van der Waals surface area (Å²) in [4.78, 5) is 25.6. The van der Waals surface area contributed by atoms with Crippen LogP contribution in [0.1, 0.15) is 39.0 Å². The second-order valence-corrected chi connectivity index (χ2v) is 7.49. The van der Waals surface area contributed by atoms with E-state index in [1.807, 2.05) is 0 Å². The number of rotatable bonds is 7. The van der Waals surface area contributed by atoms with E-state index in [1.54, 1.807) is 6.92 Å². The van der Waals surface area contributed by atoms with Gasteiger partial charge in [-0.25, -0.2) is 13.1 Å². The summed E-state index contributed by atoms with van der Waals surface area (Å²) in [6, 6.07) is -0.530. The quantitative estimate of drug-likeness (QED) is 0.622. The zero-order chi connectivity index (χ0) is 15.5. The van der Waals surface area contributed by atoms with Crippen molar-refractivity contribution in [2.45, 2.75) is 51.1 Å². The summed E-state index contributed by atoms with van der Waals surface area (Å²) < 4.78 is 25.4. The van der Waals surface area contributed by atoms with Gasteiger partial charge in [0.2, 0.25) is 21.8 Å². The van der Waals surface area contributed by atoms with Crippen LogP contribution < -0.4 is 10.0 Å². The van der Waals surface area contributed by atoms with Gasteiger partial charge in [-0.1, -0.05) is 19.8 Å². The lowest BCUT2D eigenvalue weighted by molar-refractivity contribution is -0.141. The van der Waals surface area contributed by atoms with Crippen molar-refractivity contribution < 1.29 is 18.0 Å². The van der Waals surface area contributed by atoms with Crippen LogP contribution in [0.3, 0.4) is 0 Å². The number of hydrogen-bond acceptors (Lipinski definition) is 5. The van der Waals surface area contributed by atoms with Gasteiger partial charge in [0.05, 0.1) is 18.2 Å². The SMILES string of the molecule is CCNS(=O)(=O)CCNC1CC(=O)N(C2CCCC2)C1=O. The first kappa shape index (κ1) is 16.4. The van der Waals surface area contributed by atoms with Crippen molar-refractivity contribution in [2.24, 2.45) is 0 Å². The minimum absolute atomic E-state index is 0.0438. The maximum Gasteiger partial charge on any atom is 0.247 e. The highest BCUT2D eigenvalue weighted by Crippen LogP contribution is 2.28. The standard InChI is InChI=1S/C13H23N3O4S/c1-2-15-21(19,20)8-7-14-11-9-12(17)16(13(11)18)10-5-3-4-6-10/h10-11,14-15H,2-9H2,1H3. The van der Waals surface area contributed by atoms with Crippen molar-refractivity contribution in [1.82, 2.24) is 14.9 Å². The van der Waals surface area contributed by atoms with E-state index in [9.17, 15) is 18.0 Å². The van der Waals surface area contributed by atoms with Gasteiger partial charge < -0.3 is 5.32 Å². The van der Waals surface area contributed by atoms with Crippen LogP contribution in [0.25, 0.3) is 0 Å². The molecule has 0 aromatic rings. The Kier molecular flexibility index (Phi) is 5.34. The van der Waals surface area contributed by atoms with Crippen LogP contribution in [0.15, 0.2) is 0 Å². The van der Waals surface area contributed by atoms with Crippen LogP contribution in [0, 0.1) is 0 Å². The minimum atomic E-state index is -3.31. The molecule has 0 aromatic heterocycles. The molecule has 0 radical (unpaired) electrons. The highest BCUT2D eigenvalue weighted by Gasteiger charge is 2.42. The molecule has 0 bridgehead atoms. The van der Waals surface area contributed by atoms with Crippen LogP contribution in [-0.2, 0) is 19.6 Å². The van der Waals surface area contributed by atoms with Gasteiger partial charge in [0.1, 0.15) is 0 Å². The molecule has 120 valence electrons. The maximum atomic E-state index is 12.3. The number of hydrogen-bond donors (Lipinski definition) is 2. The molecular weight excluding hydrogens is 294 g/mol. The largest absolute Gasteiger partial charge is 0.304 e. The van der Waals surface area contributed by atoms with E-state index in [0.717, 1.165) is 25.7 Å². The van der Waals surface area contributed by atoms with E-state index in [2.05, 4.69) is 10.0 Å². The third kappa shape index (κ3) is 4.02. The maximum absolute atomic E-state index is 12.3. The van der Waals surface area contributed by atoms with Crippen LogP contribution in [-0.4, -0.2) is 56.1 Å². The van der Waals surface area contributed by atoms with Gasteiger partial charge in [-0.15, -0.1) is 0 Å². The molecule has 2 fully saturated rings. The fraction of sp³-hybridized carbons (Fsp3) is 0.846. The lowest BCUT2D eigenvalue weighted by atomic mass is 10.2. The topological polar surface area (TPSA) is 95.6 Å². The fourth-order valence-corrected chi connectivity index (χ4v) is 3.99. The van der Waals surface area contributed by atoms with Gasteiger partial charge in [-0.2, -0.15) is 0 Å². The Balaban J connectivity index is 1.85. The van der Waals surface area contributed by atoms with Gasteiger partial charge in [0.15, 0.2) is 0 Å². The third-order valence-electron chi connectivity index (χ3n) is 4.00. The minimum Gasteiger partial charge on any atom is -0.304 e. The molecule has 2 amide bonds. The molecule has 1 unspecified atom stereocenters. The Morgan fingerprint density at radius 2 is 1.90 bits per heavy atom. The molecule has 8 heteroatoms. The molecule has 1 saturated heterocycles. The summed E-state index contributed by atoms with van der Waals surface area (Å²) in [6.07, 6.45) is 4.02. The zero-order valence-corrected chi connectivity index (χ0v) is 13.1. The molecule has 2 N–H and O–H groups in total. The molecule has 2 aliphatic rings. The van der Waals surface area contributed by atoms with Gasteiger partial charge in [0.25, 0.3) is 0 Å². The van der Waals surface area contributed by atoms with Crippen LogP contribution in [0.2, 0.25) is 0 Å². The van der Waals surface area contributed by atoms with Crippen molar-refractivity contribution in [3.8, 4) is 0 Å². The van der Waals surface area contributed by atoms with Crippen molar-refractivity contribution >= 4 is 21.8 Å². The molecule has 1 aliphatic heterocycles. The van der Waals surface area contributed by atoms with E-state index in [0.29, 0.717) is 6.54 Å². The Morgan fingerprint density at radius 3 is 2.52 bits per heavy atom. The third-order valence-corrected chi connectivity index (χ3v) is 5.47. The molecule has 2 rings (SSSR count). The number of imide groups is 1. The van der Waals surface area contributed by atoms with Gasteiger partial charge in [-0.05, 0) is 12.8 Å². The lowest BCUT2D eigenvalue weighted by Gasteiger charge is -2.22. The van der Waals surface area contributed by atoms with Crippen molar-refractivity contribution in [2.75, 3.05) is 18.8 Å². The lowest BCUT2D eigenvalue weighted by Crippen LogP contribution is -2.44. The Morgan fingerprint density at radius 1 is 1.24 bits per heavy atom. The summed E-state index contributed by atoms with van der Waals surface area (Å²) in [5, 5.41) is 2.90. The summed E-state index contributed by atoms with van der Waals surface area (Å²) in [5.74, 6) is -0.436.